The summed E-state index contributed by atoms with van der Waals surface area (Å²) in [6, 6.07) is 3.86. The summed E-state index contributed by atoms with van der Waals surface area (Å²) in [5, 5.41) is 0.869. The molecule has 1 atom stereocenters. The second-order valence-corrected chi connectivity index (χ2v) is 9.01. The number of anilines is 1. The molecule has 27 heavy (non-hydrogen) atoms. The Morgan fingerprint density at radius 3 is 2.74 bits per heavy atom. The van der Waals surface area contributed by atoms with Crippen LogP contribution in [0.25, 0.3) is 11.0 Å². The summed E-state index contributed by atoms with van der Waals surface area (Å²) in [5.41, 5.74) is 2.55. The molecule has 4 heterocycles. The van der Waals surface area contributed by atoms with Crippen molar-refractivity contribution in [3.8, 4) is 0 Å². The molecular formula is C18H24N4O4S. The van der Waals surface area contributed by atoms with Crippen LogP contribution < -0.4 is 4.90 Å². The minimum Gasteiger partial charge on any atom is -0.354 e. The summed E-state index contributed by atoms with van der Waals surface area (Å²) in [4.78, 5) is 21.2. The summed E-state index contributed by atoms with van der Waals surface area (Å²) in [6.45, 7) is 1.99. The maximum Gasteiger partial charge on any atom is 0.264 e. The van der Waals surface area contributed by atoms with Gasteiger partial charge in [0.2, 0.25) is 0 Å². The molecule has 0 aliphatic carbocycles. The van der Waals surface area contributed by atoms with Crippen molar-refractivity contribution in [3.63, 3.8) is 0 Å². The lowest BCUT2D eigenvalue weighted by Crippen LogP contribution is -2.40. The van der Waals surface area contributed by atoms with Gasteiger partial charge in [-0.15, -0.1) is 0 Å². The molecule has 2 aliphatic rings. The number of likely N-dealkylation sites (N-methyl/N-ethyl adjacent to an activating group) is 1. The Morgan fingerprint density at radius 1 is 1.22 bits per heavy atom. The van der Waals surface area contributed by atoms with E-state index in [1.54, 1.807) is 4.90 Å². The molecule has 0 spiro atoms. The fourth-order valence-corrected chi connectivity index (χ4v) is 4.74. The van der Waals surface area contributed by atoms with E-state index < -0.39 is 10.1 Å². The molecule has 9 heteroatoms. The van der Waals surface area contributed by atoms with Crippen molar-refractivity contribution >= 4 is 32.9 Å². The fraction of sp³-hybridized carbons (Fsp3) is 0.556. The van der Waals surface area contributed by atoms with Gasteiger partial charge in [-0.2, -0.15) is 8.42 Å². The standard InChI is InChI=1S/C18H24N4O4S/c1-20-10-8-14-16(18(20)23)13-6-7-15(19-17(13)21(14)2)22-9-4-5-12(11-22)26-27(3,24)25/h6-7,12H,4-5,8-11H2,1-3H3. The highest BCUT2D eigenvalue weighted by Crippen LogP contribution is 2.31. The number of carbonyl (C=O) groups is 1. The van der Waals surface area contributed by atoms with Gasteiger partial charge < -0.3 is 14.4 Å². The van der Waals surface area contributed by atoms with Crippen molar-refractivity contribution in [3.05, 3.63) is 23.4 Å². The number of nitrogens with zero attached hydrogens (tertiary/aromatic N) is 4. The molecule has 1 fully saturated rings. The first-order valence-electron chi connectivity index (χ1n) is 9.11. The average molecular weight is 392 g/mol. The molecule has 0 radical (unpaired) electrons. The second kappa shape index (κ2) is 6.49. The normalized spacial score (nSPS) is 21.0. The molecule has 2 aromatic heterocycles. The summed E-state index contributed by atoms with van der Waals surface area (Å²) in [6.07, 6.45) is 3.09. The van der Waals surface area contributed by atoms with Gasteiger partial charge >= 0.3 is 0 Å². The van der Waals surface area contributed by atoms with Gasteiger partial charge in [-0.05, 0) is 25.0 Å². The van der Waals surface area contributed by atoms with E-state index in [9.17, 15) is 13.2 Å². The largest absolute Gasteiger partial charge is 0.354 e. The molecule has 0 N–H and O–H groups in total. The number of aryl methyl sites for hydroxylation is 1. The van der Waals surface area contributed by atoms with Crippen LogP contribution >= 0.6 is 0 Å². The summed E-state index contributed by atoms with van der Waals surface area (Å²) < 4.78 is 30.1. The lowest BCUT2D eigenvalue weighted by molar-refractivity contribution is 0.0781. The first kappa shape index (κ1) is 18.2. The SMILES string of the molecule is CN1CCc2c(c3ccc(N4CCCC(OS(C)(=O)=O)C4)nc3n2C)C1=O. The molecule has 1 saturated heterocycles. The molecule has 4 rings (SSSR count). The lowest BCUT2D eigenvalue weighted by Gasteiger charge is -2.32. The zero-order chi connectivity index (χ0) is 19.3. The number of piperidine rings is 1. The van der Waals surface area contributed by atoms with E-state index in [4.69, 9.17) is 9.17 Å². The van der Waals surface area contributed by atoms with Gasteiger partial charge in [0.05, 0.1) is 17.9 Å². The van der Waals surface area contributed by atoms with Gasteiger partial charge in [-0.25, -0.2) is 4.98 Å². The zero-order valence-corrected chi connectivity index (χ0v) is 16.6. The molecule has 146 valence electrons. The van der Waals surface area contributed by atoms with Gasteiger partial charge in [0.1, 0.15) is 11.5 Å². The Bertz CT molecular complexity index is 1010. The van der Waals surface area contributed by atoms with E-state index in [1.165, 1.54) is 0 Å². The third kappa shape index (κ3) is 3.29. The number of pyridine rings is 1. The van der Waals surface area contributed by atoms with Crippen molar-refractivity contribution in [2.45, 2.75) is 25.4 Å². The summed E-state index contributed by atoms with van der Waals surface area (Å²) in [7, 11) is 0.290. The average Bonchev–Trinajstić information content (AvgIpc) is 2.89. The van der Waals surface area contributed by atoms with Crippen molar-refractivity contribution in [2.24, 2.45) is 7.05 Å². The molecule has 2 aromatic rings. The molecular weight excluding hydrogens is 368 g/mol. The predicted octanol–water partition coefficient (Wildman–Crippen LogP) is 1.15. The van der Waals surface area contributed by atoms with Gasteiger partial charge in [0.15, 0.2) is 0 Å². The number of fused-ring (bicyclic) bond motifs is 3. The van der Waals surface area contributed by atoms with E-state index in [-0.39, 0.29) is 12.0 Å². The third-order valence-electron chi connectivity index (χ3n) is 5.40. The molecule has 0 saturated carbocycles. The molecule has 2 aliphatic heterocycles. The van der Waals surface area contributed by atoms with Crippen molar-refractivity contribution in [1.82, 2.24) is 14.5 Å². The maximum absolute atomic E-state index is 12.6. The first-order chi connectivity index (χ1) is 12.7. The predicted molar refractivity (Wildman–Crippen MR) is 103 cm³/mol. The van der Waals surface area contributed by atoms with Crippen LogP contribution in [0.15, 0.2) is 12.1 Å². The minimum atomic E-state index is -3.48. The topological polar surface area (TPSA) is 84.7 Å². The van der Waals surface area contributed by atoms with Gasteiger partial charge in [0, 0.05) is 51.2 Å². The van der Waals surface area contributed by atoms with Crippen LogP contribution in [-0.2, 0) is 27.8 Å². The van der Waals surface area contributed by atoms with E-state index in [0.717, 1.165) is 53.8 Å². The Hall–Kier alpha value is -2.13. The Morgan fingerprint density at radius 2 is 2.00 bits per heavy atom. The molecule has 0 bridgehead atoms. The van der Waals surface area contributed by atoms with Crippen LogP contribution in [0.4, 0.5) is 5.82 Å². The van der Waals surface area contributed by atoms with Gasteiger partial charge in [-0.3, -0.25) is 8.98 Å². The maximum atomic E-state index is 12.6. The van der Waals surface area contributed by atoms with E-state index in [0.29, 0.717) is 19.5 Å². The quantitative estimate of drug-likeness (QED) is 0.729. The van der Waals surface area contributed by atoms with Crippen LogP contribution in [0.1, 0.15) is 28.9 Å². The van der Waals surface area contributed by atoms with Crippen LogP contribution in [0.5, 0.6) is 0 Å². The van der Waals surface area contributed by atoms with E-state index >= 15 is 0 Å². The second-order valence-electron chi connectivity index (χ2n) is 7.41. The molecule has 8 nitrogen and oxygen atoms in total. The Kier molecular flexibility index (Phi) is 4.38. The van der Waals surface area contributed by atoms with Gasteiger partial charge in [-0.1, -0.05) is 0 Å². The highest BCUT2D eigenvalue weighted by molar-refractivity contribution is 7.86. The lowest BCUT2D eigenvalue weighted by atomic mass is 10.0. The molecule has 0 aromatic carbocycles. The number of carbonyl (C=O) groups excluding carboxylic acids is 1. The summed E-state index contributed by atoms with van der Waals surface area (Å²) >= 11 is 0. The van der Waals surface area contributed by atoms with Crippen LogP contribution in [0.3, 0.4) is 0 Å². The smallest absolute Gasteiger partial charge is 0.264 e. The third-order valence-corrected chi connectivity index (χ3v) is 6.02. The van der Waals surface area contributed by atoms with Crippen LogP contribution in [-0.4, -0.2) is 67.8 Å². The van der Waals surface area contributed by atoms with Crippen molar-refractivity contribution in [2.75, 3.05) is 37.8 Å². The number of hydrogen-bond donors (Lipinski definition) is 0. The first-order valence-corrected chi connectivity index (χ1v) is 10.9. The van der Waals surface area contributed by atoms with Crippen molar-refractivity contribution in [1.29, 1.82) is 0 Å². The van der Waals surface area contributed by atoms with Crippen molar-refractivity contribution < 1.29 is 17.4 Å². The number of aromatic nitrogens is 2. The van der Waals surface area contributed by atoms with Crippen LogP contribution in [0.2, 0.25) is 0 Å². The Labute approximate surface area is 158 Å². The molecule has 1 unspecified atom stereocenters. The number of rotatable bonds is 3. The molecule has 1 amide bonds. The van der Waals surface area contributed by atoms with E-state index in [2.05, 4.69) is 4.90 Å². The number of amides is 1. The highest BCUT2D eigenvalue weighted by atomic mass is 32.2. The zero-order valence-electron chi connectivity index (χ0n) is 15.8. The highest BCUT2D eigenvalue weighted by Gasteiger charge is 2.30. The number of hydrogen-bond acceptors (Lipinski definition) is 6. The van der Waals surface area contributed by atoms with Crippen LogP contribution in [0, 0.1) is 0 Å². The fourth-order valence-electron chi connectivity index (χ4n) is 4.09. The Balaban J connectivity index is 1.68. The monoisotopic (exact) mass is 392 g/mol. The van der Waals surface area contributed by atoms with E-state index in [1.807, 2.05) is 30.8 Å². The summed E-state index contributed by atoms with van der Waals surface area (Å²) in [5.74, 6) is 0.819. The van der Waals surface area contributed by atoms with Gasteiger partial charge in [0.25, 0.3) is 16.0 Å². The minimum absolute atomic E-state index is 0.0380.